The number of rotatable bonds is 16. The Morgan fingerprint density at radius 2 is 1.15 bits per heavy atom. The zero-order valence-corrected chi connectivity index (χ0v) is 41.8. The van der Waals surface area contributed by atoms with Crippen LogP contribution in [0.4, 0.5) is 0 Å². The van der Waals surface area contributed by atoms with Crippen molar-refractivity contribution in [3.05, 3.63) is 11.6 Å². The van der Waals surface area contributed by atoms with Gasteiger partial charge in [-0.1, -0.05) is 25.5 Å². The summed E-state index contributed by atoms with van der Waals surface area (Å²) in [5.41, 5.74) is -6.56. The molecule has 0 bridgehead atoms. The van der Waals surface area contributed by atoms with E-state index in [4.69, 9.17) is 52.1 Å². The van der Waals surface area contributed by atoms with Gasteiger partial charge in [-0.25, -0.2) is 0 Å². The lowest BCUT2D eigenvalue weighted by molar-refractivity contribution is -0.379. The minimum atomic E-state index is -1.88. The quantitative estimate of drug-likeness (QED) is 0.0654. The zero-order chi connectivity index (χ0) is 52.5. The Balaban J connectivity index is 0.890. The van der Waals surface area contributed by atoms with Crippen molar-refractivity contribution in [2.24, 2.45) is 16.7 Å². The summed E-state index contributed by atoms with van der Waals surface area (Å²) in [6.07, 6.45) is -21.7. The summed E-state index contributed by atoms with van der Waals surface area (Å²) >= 11 is 0. The number of fused-ring (bicyclic) bond motifs is 5. The zero-order valence-electron chi connectivity index (χ0n) is 41.8. The molecular formula is C48H80O24. The second kappa shape index (κ2) is 21.9. The van der Waals surface area contributed by atoms with Crippen LogP contribution in [0.5, 0.6) is 0 Å². The Kier molecular flexibility index (Phi) is 17.3. The topological polar surface area (TPSA) is 365 Å². The van der Waals surface area contributed by atoms with Crippen LogP contribution in [0.3, 0.4) is 0 Å². The van der Waals surface area contributed by atoms with Crippen LogP contribution in [0.2, 0.25) is 0 Å². The van der Waals surface area contributed by atoms with Crippen LogP contribution < -0.4 is 0 Å². The van der Waals surface area contributed by atoms with Gasteiger partial charge in [0.05, 0.1) is 62.4 Å². The van der Waals surface area contributed by atoms with Gasteiger partial charge < -0.3 is 118 Å². The van der Waals surface area contributed by atoms with E-state index in [1.165, 1.54) is 28.3 Å². The van der Waals surface area contributed by atoms with Crippen molar-refractivity contribution < 1.29 is 118 Å². The molecule has 416 valence electrons. The lowest BCUT2D eigenvalue weighted by Gasteiger charge is -2.67. The molecule has 72 heavy (non-hydrogen) atoms. The second-order valence-corrected chi connectivity index (χ2v) is 21.8. The van der Waals surface area contributed by atoms with Gasteiger partial charge in [0.1, 0.15) is 90.1 Å². The number of ether oxygens (including phenoxy) is 11. The lowest BCUT2D eigenvalue weighted by Crippen LogP contribution is -2.78. The Hall–Kier alpha value is -1.22. The number of aliphatic hydroxyl groups is 13. The number of hydrogen-bond acceptors (Lipinski definition) is 24. The molecule has 24 heteroatoms. The molecule has 27 atom stereocenters. The lowest BCUT2D eigenvalue weighted by atomic mass is 9.42. The van der Waals surface area contributed by atoms with Gasteiger partial charge in [-0.2, -0.15) is 0 Å². The van der Waals surface area contributed by atoms with E-state index >= 15 is 0 Å². The van der Waals surface area contributed by atoms with Gasteiger partial charge in [0, 0.05) is 40.1 Å². The molecule has 0 amide bonds. The predicted octanol–water partition coefficient (Wildman–Crippen LogP) is -4.06. The molecule has 1 unspecified atom stereocenters. The maximum Gasteiger partial charge on any atom is 0.187 e. The summed E-state index contributed by atoms with van der Waals surface area (Å²) in [6.45, 7) is 2.50. The van der Waals surface area contributed by atoms with Crippen molar-refractivity contribution in [1.82, 2.24) is 0 Å². The fourth-order valence-corrected chi connectivity index (χ4v) is 14.0. The van der Waals surface area contributed by atoms with Crippen molar-refractivity contribution in [3.63, 3.8) is 0 Å². The average molecular weight is 1040 g/mol. The summed E-state index contributed by atoms with van der Waals surface area (Å²) in [5, 5.41) is 143. The van der Waals surface area contributed by atoms with Crippen LogP contribution in [0.15, 0.2) is 11.6 Å². The first kappa shape index (κ1) is 57.0. The summed E-state index contributed by atoms with van der Waals surface area (Å²) < 4.78 is 66.4. The first-order valence-electron chi connectivity index (χ1n) is 25.3. The third kappa shape index (κ3) is 9.25. The number of methoxy groups -OCH3 is 3. The maximum absolute atomic E-state index is 12.6. The molecule has 8 rings (SSSR count). The largest absolute Gasteiger partial charge is 0.394 e. The Labute approximate surface area is 418 Å². The number of hydrogen-bond donors (Lipinski definition) is 13. The first-order valence-corrected chi connectivity index (χ1v) is 25.3. The molecule has 8 aliphatic rings. The SMILES string of the molecule is CO[C@H]1[C@@H](O)[C@H](O[C@H]2[C@@H](OC)C[C@H](O[C@H]3[C@@H](OC)C[C@H](O[C@H]4CC[C@@]5(C)C(=CC[C@]6(O)C5C[C@@H](O)[C@@]5(C)[C@]6(O)CC[C@@]5(O)[C@H](C)O)C4)O[C@@H]3CO)O[C@@H]2CO)O[C@H](CO)[C@H]1O[C@@H]1O[C@H](CO)[C@@H](O)[C@H](O)[C@H]1O. The second-order valence-electron chi connectivity index (χ2n) is 21.8. The highest BCUT2D eigenvalue weighted by molar-refractivity contribution is 5.36. The highest BCUT2D eigenvalue weighted by Gasteiger charge is 2.80. The fourth-order valence-electron chi connectivity index (χ4n) is 14.0. The van der Waals surface area contributed by atoms with Crippen LogP contribution in [0.25, 0.3) is 0 Å². The van der Waals surface area contributed by atoms with Gasteiger partial charge in [0.15, 0.2) is 25.2 Å². The molecular weight excluding hydrogens is 961 g/mol. The predicted molar refractivity (Wildman–Crippen MR) is 241 cm³/mol. The summed E-state index contributed by atoms with van der Waals surface area (Å²) in [5.74, 6) is -0.555. The Morgan fingerprint density at radius 1 is 0.611 bits per heavy atom. The molecule has 4 heterocycles. The van der Waals surface area contributed by atoms with Gasteiger partial charge >= 0.3 is 0 Å². The van der Waals surface area contributed by atoms with E-state index in [2.05, 4.69) is 0 Å². The molecule has 7 fully saturated rings. The molecule has 4 aliphatic heterocycles. The summed E-state index contributed by atoms with van der Waals surface area (Å²) in [7, 11) is 4.14. The van der Waals surface area contributed by atoms with Gasteiger partial charge in [-0.3, -0.25) is 0 Å². The van der Waals surface area contributed by atoms with E-state index in [1.54, 1.807) is 6.92 Å². The van der Waals surface area contributed by atoms with Crippen molar-refractivity contribution >= 4 is 0 Å². The molecule has 0 aromatic carbocycles. The van der Waals surface area contributed by atoms with Crippen molar-refractivity contribution in [2.75, 3.05) is 47.8 Å². The summed E-state index contributed by atoms with van der Waals surface area (Å²) in [4.78, 5) is 0. The van der Waals surface area contributed by atoms with E-state index in [1.807, 2.05) is 13.0 Å². The summed E-state index contributed by atoms with van der Waals surface area (Å²) in [6, 6.07) is 0. The normalized spacial score (nSPS) is 53.3. The van der Waals surface area contributed by atoms with Crippen LogP contribution >= 0.6 is 0 Å². The molecule has 13 N–H and O–H groups in total. The van der Waals surface area contributed by atoms with E-state index in [-0.39, 0.29) is 44.6 Å². The van der Waals surface area contributed by atoms with Crippen molar-refractivity contribution in [1.29, 1.82) is 0 Å². The average Bonchev–Trinajstić information content (AvgIpc) is 3.60. The third-order valence-corrected chi connectivity index (χ3v) is 18.4. The van der Waals surface area contributed by atoms with E-state index in [0.29, 0.717) is 19.3 Å². The van der Waals surface area contributed by atoms with Gasteiger partial charge in [-0.15, -0.1) is 0 Å². The van der Waals surface area contributed by atoms with Crippen LogP contribution in [-0.2, 0) is 52.1 Å². The highest BCUT2D eigenvalue weighted by Crippen LogP contribution is 2.71. The minimum Gasteiger partial charge on any atom is -0.394 e. The highest BCUT2D eigenvalue weighted by atomic mass is 16.8. The monoisotopic (exact) mass is 1040 g/mol. The minimum absolute atomic E-state index is 0.00659. The molecule has 4 saturated heterocycles. The smallest absolute Gasteiger partial charge is 0.187 e. The van der Waals surface area contributed by atoms with Crippen LogP contribution in [-0.4, -0.2) is 260 Å². The standard InChI is InChI=1S/C48H80O24/c1-21(53)46(59)11-12-48(61)45(46,3)31(54)16-30-44(2)9-8-23(13-22(44)7-10-47(30,48)60)65-32-14-24(62-4)38(27(18-50)66-32)70-33-15-25(63-5)39(28(19-51)67-33)71-43-37(58)41(64-6)40(29(20-52)69-43)72-42-36(57)35(56)34(55)26(17-49)68-42/h7,21,23-43,49-61H,8-20H2,1-6H3/t21-,23-,24-,25-,26+,27+,28+,29+,30?,31+,32+,33-,34+,35-,36+,37+,38-,39-,40+,41-,42-,43-,44-,45+,46+,47-,48+/m0/s1. The maximum atomic E-state index is 12.6. The molecule has 0 spiro atoms. The molecule has 0 aromatic heterocycles. The molecule has 4 aliphatic carbocycles. The van der Waals surface area contributed by atoms with Gasteiger partial charge in [0.25, 0.3) is 0 Å². The van der Waals surface area contributed by atoms with Gasteiger partial charge in [-0.05, 0) is 57.3 Å². The van der Waals surface area contributed by atoms with Gasteiger partial charge in [0.2, 0.25) is 0 Å². The molecule has 0 radical (unpaired) electrons. The van der Waals surface area contributed by atoms with Crippen LogP contribution in [0, 0.1) is 16.7 Å². The van der Waals surface area contributed by atoms with E-state index < -0.39 is 183 Å². The third-order valence-electron chi connectivity index (χ3n) is 18.4. The molecule has 0 aromatic rings. The van der Waals surface area contributed by atoms with E-state index in [9.17, 15) is 66.4 Å². The van der Waals surface area contributed by atoms with E-state index in [0.717, 1.165) is 5.57 Å². The van der Waals surface area contributed by atoms with Crippen molar-refractivity contribution in [2.45, 2.75) is 224 Å². The van der Waals surface area contributed by atoms with Crippen LogP contribution in [0.1, 0.15) is 78.6 Å². The fraction of sp³-hybridized carbons (Fsp3) is 0.958. The molecule has 3 saturated carbocycles. The number of aliphatic hydroxyl groups excluding tert-OH is 10. The van der Waals surface area contributed by atoms with Crippen molar-refractivity contribution in [3.8, 4) is 0 Å². The Bertz CT molecular complexity index is 1820. The molecule has 24 nitrogen and oxygen atoms in total. The Morgan fingerprint density at radius 3 is 1.72 bits per heavy atom. The first-order chi connectivity index (χ1) is 34.1.